The van der Waals surface area contributed by atoms with Crippen molar-refractivity contribution in [3.8, 4) is 22.3 Å². The molecule has 0 radical (unpaired) electrons. The van der Waals surface area contributed by atoms with E-state index in [0.29, 0.717) is 0 Å². The van der Waals surface area contributed by atoms with E-state index < -0.39 is 0 Å². The van der Waals surface area contributed by atoms with Crippen molar-refractivity contribution in [1.29, 1.82) is 0 Å². The quantitative estimate of drug-likeness (QED) is 0.243. The van der Waals surface area contributed by atoms with Crippen LogP contribution in [0.25, 0.3) is 71.6 Å². The summed E-state index contributed by atoms with van der Waals surface area (Å²) >= 11 is 0. The number of hydrogen-bond donors (Lipinski definition) is 0. The molecule has 8 aromatic rings. The van der Waals surface area contributed by atoms with Crippen molar-refractivity contribution in [3.05, 3.63) is 116 Å². The van der Waals surface area contributed by atoms with E-state index in [1.165, 1.54) is 32.7 Å². The van der Waals surface area contributed by atoms with Crippen molar-refractivity contribution < 1.29 is 4.42 Å². The molecule has 0 spiro atoms. The Labute approximate surface area is 206 Å². The summed E-state index contributed by atoms with van der Waals surface area (Å²) in [5.74, 6) is 0. The van der Waals surface area contributed by atoms with Gasteiger partial charge in [0, 0.05) is 24.0 Å². The van der Waals surface area contributed by atoms with Gasteiger partial charge in [0.25, 0.3) is 0 Å². The van der Waals surface area contributed by atoms with Crippen LogP contribution in [0.4, 0.5) is 0 Å². The maximum atomic E-state index is 6.24. The maximum Gasteiger partial charge on any atom is 0.232 e. The zero-order valence-corrected chi connectivity index (χ0v) is 19.2. The average Bonchev–Trinajstić information content (AvgIpc) is 3.48. The van der Waals surface area contributed by atoms with Crippen molar-refractivity contribution in [3.63, 3.8) is 0 Å². The van der Waals surface area contributed by atoms with Crippen LogP contribution in [0.3, 0.4) is 0 Å². The van der Waals surface area contributed by atoms with Gasteiger partial charge in [0.1, 0.15) is 16.7 Å². The van der Waals surface area contributed by atoms with Crippen LogP contribution in [0.15, 0.2) is 120 Å². The number of para-hydroxylation sites is 1. The van der Waals surface area contributed by atoms with Gasteiger partial charge in [-0.25, -0.2) is 4.98 Å². The van der Waals surface area contributed by atoms with Crippen LogP contribution in [0.5, 0.6) is 0 Å². The lowest BCUT2D eigenvalue weighted by Crippen LogP contribution is -1.92. The van der Waals surface area contributed by atoms with Gasteiger partial charge in [0.2, 0.25) is 5.71 Å². The first-order chi connectivity index (χ1) is 17.9. The van der Waals surface area contributed by atoms with Crippen molar-refractivity contribution in [2.45, 2.75) is 0 Å². The Kier molecular flexibility index (Phi) is 3.91. The molecular weight excluding hydrogens is 442 g/mol. The van der Waals surface area contributed by atoms with Crippen LogP contribution >= 0.6 is 0 Å². The van der Waals surface area contributed by atoms with Crippen LogP contribution in [-0.2, 0) is 0 Å². The van der Waals surface area contributed by atoms with Crippen LogP contribution in [0.1, 0.15) is 0 Å². The van der Waals surface area contributed by atoms with Gasteiger partial charge < -0.3 is 4.42 Å². The number of fused-ring (bicyclic) bond motifs is 7. The summed E-state index contributed by atoms with van der Waals surface area (Å²) in [7, 11) is 0. The predicted octanol–water partition coefficient (Wildman–Crippen LogP) is 8.27. The Morgan fingerprint density at radius 2 is 1.14 bits per heavy atom. The molecule has 0 saturated heterocycles. The number of aromatic nitrogens is 3. The minimum Gasteiger partial charge on any atom is -0.437 e. The lowest BCUT2D eigenvalue weighted by atomic mass is 9.86. The Bertz CT molecular complexity index is 2040. The fourth-order valence-corrected chi connectivity index (χ4v) is 5.57. The second-order valence-corrected chi connectivity index (χ2v) is 9.09. The summed E-state index contributed by atoms with van der Waals surface area (Å²) in [5, 5.41) is 5.90. The molecule has 0 unspecified atom stereocenters. The van der Waals surface area contributed by atoms with E-state index in [-0.39, 0.29) is 0 Å². The number of hydrogen-bond acceptors (Lipinski definition) is 3. The van der Waals surface area contributed by atoms with Crippen LogP contribution in [-0.4, -0.2) is 14.4 Å². The van der Waals surface area contributed by atoms with Crippen LogP contribution < -0.4 is 0 Å². The summed E-state index contributed by atoms with van der Waals surface area (Å²) in [6.07, 6.45) is 5.88. The molecule has 4 heterocycles. The largest absolute Gasteiger partial charge is 0.437 e. The van der Waals surface area contributed by atoms with Crippen molar-refractivity contribution in [1.82, 2.24) is 14.4 Å². The third-order valence-electron chi connectivity index (χ3n) is 7.11. The Morgan fingerprint density at radius 1 is 0.556 bits per heavy atom. The number of rotatable bonds is 2. The van der Waals surface area contributed by atoms with Gasteiger partial charge in [0.15, 0.2) is 0 Å². The first-order valence-corrected chi connectivity index (χ1v) is 12.0. The van der Waals surface area contributed by atoms with Gasteiger partial charge in [-0.1, -0.05) is 60.7 Å². The zero-order chi connectivity index (χ0) is 23.6. The lowest BCUT2D eigenvalue weighted by molar-refractivity contribution is 0.649. The lowest BCUT2D eigenvalue weighted by Gasteiger charge is -2.17. The van der Waals surface area contributed by atoms with Gasteiger partial charge in [-0.3, -0.25) is 9.38 Å². The summed E-state index contributed by atoms with van der Waals surface area (Å²) in [4.78, 5) is 9.12. The monoisotopic (exact) mass is 461 g/mol. The molecular formula is C32H19N3O. The molecule has 4 aromatic heterocycles. The van der Waals surface area contributed by atoms with Crippen molar-refractivity contribution in [2.75, 3.05) is 0 Å². The molecule has 36 heavy (non-hydrogen) atoms. The second kappa shape index (κ2) is 7.27. The molecule has 0 aliphatic carbocycles. The average molecular weight is 462 g/mol. The highest BCUT2D eigenvalue weighted by atomic mass is 16.3. The normalized spacial score (nSPS) is 11.9. The highest BCUT2D eigenvalue weighted by Crippen LogP contribution is 2.43. The summed E-state index contributed by atoms with van der Waals surface area (Å²) < 4.78 is 8.32. The SMILES string of the molecule is c1ccc2c(c1)oc1c2nc2ccc(-c3c4ccccc4c(-c4ccncc4)c4ccccc34)cn21. The van der Waals surface area contributed by atoms with Crippen LogP contribution in [0.2, 0.25) is 0 Å². The van der Waals surface area contributed by atoms with E-state index in [2.05, 4.69) is 94.4 Å². The number of imidazole rings is 1. The summed E-state index contributed by atoms with van der Waals surface area (Å²) in [5.41, 5.74) is 8.12. The first-order valence-electron chi connectivity index (χ1n) is 12.0. The number of benzene rings is 4. The van der Waals surface area contributed by atoms with E-state index in [9.17, 15) is 0 Å². The van der Waals surface area contributed by atoms with E-state index in [1.807, 2.05) is 30.6 Å². The van der Waals surface area contributed by atoms with Crippen molar-refractivity contribution >= 4 is 49.4 Å². The smallest absolute Gasteiger partial charge is 0.232 e. The molecule has 0 atom stereocenters. The highest BCUT2D eigenvalue weighted by Gasteiger charge is 2.18. The zero-order valence-electron chi connectivity index (χ0n) is 19.2. The molecule has 0 aliphatic heterocycles. The summed E-state index contributed by atoms with van der Waals surface area (Å²) in [6.45, 7) is 0. The first kappa shape index (κ1) is 19.4. The number of pyridine rings is 2. The molecule has 0 saturated carbocycles. The second-order valence-electron chi connectivity index (χ2n) is 9.09. The molecule has 4 heteroatoms. The number of furan rings is 1. The van der Waals surface area contributed by atoms with Gasteiger partial charge in [-0.15, -0.1) is 0 Å². The molecule has 0 amide bonds. The van der Waals surface area contributed by atoms with Crippen LogP contribution in [0, 0.1) is 0 Å². The van der Waals surface area contributed by atoms with Gasteiger partial charge in [0.05, 0.1) is 0 Å². The fraction of sp³-hybridized carbons (Fsp3) is 0. The van der Waals surface area contributed by atoms with E-state index in [0.717, 1.165) is 39.0 Å². The minimum absolute atomic E-state index is 0.773. The maximum absolute atomic E-state index is 6.24. The predicted molar refractivity (Wildman–Crippen MR) is 146 cm³/mol. The van der Waals surface area contributed by atoms with Gasteiger partial charge in [-0.05, 0) is 80.2 Å². The molecule has 0 fully saturated rings. The summed E-state index contributed by atoms with van der Waals surface area (Å²) in [6, 6.07) is 33.8. The molecule has 0 N–H and O–H groups in total. The molecule has 0 aliphatic rings. The van der Waals surface area contributed by atoms with Crippen molar-refractivity contribution in [2.24, 2.45) is 0 Å². The van der Waals surface area contributed by atoms with Gasteiger partial charge in [-0.2, -0.15) is 0 Å². The van der Waals surface area contributed by atoms with Gasteiger partial charge >= 0.3 is 0 Å². The third kappa shape index (κ3) is 2.64. The molecule has 0 bridgehead atoms. The highest BCUT2D eigenvalue weighted by molar-refractivity contribution is 6.21. The molecule has 4 nitrogen and oxygen atoms in total. The minimum atomic E-state index is 0.773. The Balaban J connectivity index is 1.49. The third-order valence-corrected chi connectivity index (χ3v) is 7.11. The van der Waals surface area contributed by atoms with E-state index >= 15 is 0 Å². The molecule has 4 aromatic carbocycles. The topological polar surface area (TPSA) is 43.3 Å². The standard InChI is InChI=1S/C32H19N3O/c1-3-9-24-22(7-1)29(20-15-17-33-18-16-20)23-8-2-4-10-25(23)30(24)21-13-14-28-34-31-26-11-5-6-12-27(26)36-32(31)35(28)19-21/h1-19H. The number of nitrogens with zero attached hydrogens (tertiary/aromatic N) is 3. The Morgan fingerprint density at radius 3 is 1.81 bits per heavy atom. The molecule has 8 rings (SSSR count). The fourth-order valence-electron chi connectivity index (χ4n) is 5.57. The van der Waals surface area contributed by atoms with E-state index in [4.69, 9.17) is 9.40 Å². The van der Waals surface area contributed by atoms with E-state index in [1.54, 1.807) is 0 Å². The molecule has 168 valence electrons. The Hall–Kier alpha value is -4.96.